The minimum atomic E-state index is -0.573. The Morgan fingerprint density at radius 3 is 2.73 bits per heavy atom. The van der Waals surface area contributed by atoms with Gasteiger partial charge in [-0.15, -0.1) is 0 Å². The standard InChI is InChI=1S/C18H24N6O2/c1-12(25)22-18-21-10-8-16(24-18)13-5-4-6-14(11-13)23-17(26)15(20)7-2-3-9-19/h4-6,8,10-11,15H,2-3,7,9,19-20H2,1H3,(H,23,26)(H,21,22,24,25)/t15-/m0/s1. The lowest BCUT2D eigenvalue weighted by Crippen LogP contribution is -2.35. The van der Waals surface area contributed by atoms with Crippen molar-refractivity contribution >= 4 is 23.5 Å². The molecule has 0 aliphatic heterocycles. The van der Waals surface area contributed by atoms with Crippen LogP contribution in [0.2, 0.25) is 0 Å². The van der Waals surface area contributed by atoms with Gasteiger partial charge in [0.2, 0.25) is 17.8 Å². The topological polar surface area (TPSA) is 136 Å². The molecule has 26 heavy (non-hydrogen) atoms. The molecule has 0 aliphatic rings. The second-order valence-corrected chi connectivity index (χ2v) is 5.91. The molecule has 0 spiro atoms. The maximum Gasteiger partial charge on any atom is 0.241 e. The SMILES string of the molecule is CC(=O)Nc1nccc(-c2cccc(NC(=O)[C@@H](N)CCCCN)c2)n1. The van der Waals surface area contributed by atoms with E-state index in [1.807, 2.05) is 12.1 Å². The number of carbonyl (C=O) groups excluding carboxylic acids is 2. The molecule has 2 amide bonds. The highest BCUT2D eigenvalue weighted by molar-refractivity contribution is 5.95. The van der Waals surface area contributed by atoms with Crippen molar-refractivity contribution in [1.82, 2.24) is 9.97 Å². The van der Waals surface area contributed by atoms with Crippen molar-refractivity contribution in [3.8, 4) is 11.3 Å². The van der Waals surface area contributed by atoms with Gasteiger partial charge in [-0.2, -0.15) is 0 Å². The molecule has 1 heterocycles. The van der Waals surface area contributed by atoms with Crippen LogP contribution < -0.4 is 22.1 Å². The molecule has 0 saturated heterocycles. The molecule has 2 aromatic rings. The highest BCUT2D eigenvalue weighted by Gasteiger charge is 2.13. The molecule has 1 atom stereocenters. The number of aromatic nitrogens is 2. The summed E-state index contributed by atoms with van der Waals surface area (Å²) in [6.07, 6.45) is 3.82. The lowest BCUT2D eigenvalue weighted by Gasteiger charge is -2.13. The van der Waals surface area contributed by atoms with Crippen LogP contribution in [-0.2, 0) is 9.59 Å². The van der Waals surface area contributed by atoms with Crippen LogP contribution in [0.15, 0.2) is 36.5 Å². The maximum absolute atomic E-state index is 12.2. The Hall–Kier alpha value is -2.84. The Labute approximate surface area is 152 Å². The predicted octanol–water partition coefficient (Wildman–Crippen LogP) is 1.50. The molecule has 0 radical (unpaired) electrons. The molecule has 8 nitrogen and oxygen atoms in total. The fourth-order valence-electron chi connectivity index (χ4n) is 2.37. The zero-order chi connectivity index (χ0) is 18.9. The number of nitrogens with zero attached hydrogens (tertiary/aromatic N) is 2. The average molecular weight is 356 g/mol. The Bertz CT molecular complexity index is 765. The minimum absolute atomic E-state index is 0.228. The van der Waals surface area contributed by atoms with Crippen LogP contribution in [0.5, 0.6) is 0 Å². The number of rotatable bonds is 8. The normalized spacial score (nSPS) is 11.7. The number of nitrogens with two attached hydrogens (primary N) is 2. The lowest BCUT2D eigenvalue weighted by molar-refractivity contribution is -0.117. The number of hydrogen-bond donors (Lipinski definition) is 4. The molecule has 0 saturated carbocycles. The van der Waals surface area contributed by atoms with E-state index in [-0.39, 0.29) is 17.8 Å². The zero-order valence-electron chi connectivity index (χ0n) is 14.7. The third-order valence-electron chi connectivity index (χ3n) is 3.68. The van der Waals surface area contributed by atoms with Gasteiger partial charge in [0.05, 0.1) is 11.7 Å². The summed E-state index contributed by atoms with van der Waals surface area (Å²) in [5.41, 5.74) is 13.4. The summed E-state index contributed by atoms with van der Waals surface area (Å²) in [5.74, 6) is -0.251. The van der Waals surface area contributed by atoms with Crippen molar-refractivity contribution in [2.75, 3.05) is 17.2 Å². The Kier molecular flexibility index (Phi) is 7.19. The van der Waals surface area contributed by atoms with Crippen LogP contribution in [0.1, 0.15) is 26.2 Å². The summed E-state index contributed by atoms with van der Waals surface area (Å²) < 4.78 is 0. The molecular formula is C18H24N6O2. The van der Waals surface area contributed by atoms with Gasteiger partial charge in [-0.05, 0) is 37.6 Å². The Balaban J connectivity index is 2.08. The average Bonchev–Trinajstić information content (AvgIpc) is 2.61. The van der Waals surface area contributed by atoms with E-state index in [2.05, 4.69) is 20.6 Å². The first-order chi connectivity index (χ1) is 12.5. The van der Waals surface area contributed by atoms with Crippen molar-refractivity contribution in [3.05, 3.63) is 36.5 Å². The van der Waals surface area contributed by atoms with Crippen molar-refractivity contribution in [2.24, 2.45) is 11.5 Å². The number of carbonyl (C=O) groups is 2. The smallest absolute Gasteiger partial charge is 0.241 e. The van der Waals surface area contributed by atoms with Crippen molar-refractivity contribution in [3.63, 3.8) is 0 Å². The van der Waals surface area contributed by atoms with Gasteiger partial charge in [0.15, 0.2) is 0 Å². The molecule has 0 unspecified atom stereocenters. The molecule has 0 aliphatic carbocycles. The second kappa shape index (κ2) is 9.59. The van der Waals surface area contributed by atoms with E-state index in [9.17, 15) is 9.59 Å². The van der Waals surface area contributed by atoms with Gasteiger partial charge in [-0.1, -0.05) is 18.6 Å². The molecule has 0 fully saturated rings. The summed E-state index contributed by atoms with van der Waals surface area (Å²) in [5, 5.41) is 5.36. The Morgan fingerprint density at radius 2 is 2.00 bits per heavy atom. The van der Waals surface area contributed by atoms with E-state index >= 15 is 0 Å². The Morgan fingerprint density at radius 1 is 1.19 bits per heavy atom. The monoisotopic (exact) mass is 356 g/mol. The van der Waals surface area contributed by atoms with Crippen LogP contribution in [0.3, 0.4) is 0 Å². The molecule has 8 heteroatoms. The van der Waals surface area contributed by atoms with Crippen LogP contribution in [0.25, 0.3) is 11.3 Å². The fraction of sp³-hybridized carbons (Fsp3) is 0.333. The van der Waals surface area contributed by atoms with Crippen LogP contribution in [0, 0.1) is 0 Å². The van der Waals surface area contributed by atoms with Gasteiger partial charge in [0.25, 0.3) is 0 Å². The molecular weight excluding hydrogens is 332 g/mol. The molecule has 1 aromatic carbocycles. The van der Waals surface area contributed by atoms with E-state index in [1.54, 1.807) is 24.4 Å². The first-order valence-electron chi connectivity index (χ1n) is 8.47. The highest BCUT2D eigenvalue weighted by Crippen LogP contribution is 2.21. The number of nitrogens with one attached hydrogen (secondary N) is 2. The number of amides is 2. The summed E-state index contributed by atoms with van der Waals surface area (Å²) in [6, 6.07) is 8.40. The third kappa shape index (κ3) is 5.91. The van der Waals surface area contributed by atoms with E-state index in [1.165, 1.54) is 6.92 Å². The highest BCUT2D eigenvalue weighted by atomic mass is 16.2. The van der Waals surface area contributed by atoms with Crippen LogP contribution >= 0.6 is 0 Å². The lowest BCUT2D eigenvalue weighted by atomic mass is 10.1. The maximum atomic E-state index is 12.2. The van der Waals surface area contributed by atoms with Crippen LogP contribution in [0.4, 0.5) is 11.6 Å². The van der Waals surface area contributed by atoms with Gasteiger partial charge >= 0.3 is 0 Å². The van der Waals surface area contributed by atoms with E-state index in [0.29, 0.717) is 24.3 Å². The van der Waals surface area contributed by atoms with E-state index in [0.717, 1.165) is 18.4 Å². The van der Waals surface area contributed by atoms with Gasteiger partial charge in [0.1, 0.15) is 0 Å². The molecule has 2 rings (SSSR count). The number of unbranched alkanes of at least 4 members (excludes halogenated alkanes) is 1. The predicted molar refractivity (Wildman–Crippen MR) is 101 cm³/mol. The molecule has 0 bridgehead atoms. The van der Waals surface area contributed by atoms with Crippen molar-refractivity contribution < 1.29 is 9.59 Å². The van der Waals surface area contributed by atoms with Gasteiger partial charge < -0.3 is 16.8 Å². The van der Waals surface area contributed by atoms with Gasteiger partial charge in [-0.3, -0.25) is 14.9 Å². The summed E-state index contributed by atoms with van der Waals surface area (Å²) in [6.45, 7) is 1.98. The number of hydrogen-bond acceptors (Lipinski definition) is 6. The van der Waals surface area contributed by atoms with Gasteiger partial charge in [0, 0.05) is 24.4 Å². The second-order valence-electron chi connectivity index (χ2n) is 5.91. The molecule has 1 aromatic heterocycles. The minimum Gasteiger partial charge on any atom is -0.330 e. The largest absolute Gasteiger partial charge is 0.330 e. The fourth-order valence-corrected chi connectivity index (χ4v) is 2.37. The zero-order valence-corrected chi connectivity index (χ0v) is 14.7. The molecule has 6 N–H and O–H groups in total. The quantitative estimate of drug-likeness (QED) is 0.529. The summed E-state index contributed by atoms with van der Waals surface area (Å²) in [4.78, 5) is 31.6. The van der Waals surface area contributed by atoms with Crippen molar-refractivity contribution in [2.45, 2.75) is 32.2 Å². The first-order valence-corrected chi connectivity index (χ1v) is 8.47. The number of anilines is 2. The van der Waals surface area contributed by atoms with Gasteiger partial charge in [-0.25, -0.2) is 9.97 Å². The first kappa shape index (κ1) is 19.5. The summed E-state index contributed by atoms with van der Waals surface area (Å²) >= 11 is 0. The van der Waals surface area contributed by atoms with Crippen molar-refractivity contribution in [1.29, 1.82) is 0 Å². The van der Waals surface area contributed by atoms with E-state index in [4.69, 9.17) is 11.5 Å². The number of benzene rings is 1. The summed E-state index contributed by atoms with van der Waals surface area (Å²) in [7, 11) is 0. The van der Waals surface area contributed by atoms with Crippen LogP contribution in [-0.4, -0.2) is 34.4 Å². The third-order valence-corrected chi connectivity index (χ3v) is 3.68. The van der Waals surface area contributed by atoms with E-state index < -0.39 is 6.04 Å². The molecule has 138 valence electrons.